The predicted molar refractivity (Wildman–Crippen MR) is 72.7 cm³/mol. The smallest absolute Gasteiger partial charge is 0.119 e. The first-order valence-corrected chi connectivity index (χ1v) is 6.65. The summed E-state index contributed by atoms with van der Waals surface area (Å²) in [7, 11) is 0. The molecule has 0 saturated heterocycles. The Labute approximate surface area is 109 Å². The maximum Gasteiger partial charge on any atom is 0.119 e. The SMILES string of the molecule is CC1(C)CCC(OCCOc2ccccc2)C1N. The number of hydrogen-bond acceptors (Lipinski definition) is 3. The van der Waals surface area contributed by atoms with E-state index in [9.17, 15) is 0 Å². The van der Waals surface area contributed by atoms with Crippen molar-refractivity contribution < 1.29 is 9.47 Å². The van der Waals surface area contributed by atoms with Gasteiger partial charge in [0.15, 0.2) is 0 Å². The van der Waals surface area contributed by atoms with Gasteiger partial charge in [0.2, 0.25) is 0 Å². The summed E-state index contributed by atoms with van der Waals surface area (Å²) in [5.41, 5.74) is 6.38. The molecule has 3 heteroatoms. The van der Waals surface area contributed by atoms with E-state index in [1.165, 1.54) is 0 Å². The zero-order valence-electron chi connectivity index (χ0n) is 11.3. The molecule has 3 nitrogen and oxygen atoms in total. The molecule has 1 fully saturated rings. The lowest BCUT2D eigenvalue weighted by atomic mass is 9.88. The van der Waals surface area contributed by atoms with Crippen molar-refractivity contribution in [2.45, 2.75) is 38.8 Å². The molecule has 100 valence electrons. The van der Waals surface area contributed by atoms with Crippen molar-refractivity contribution in [3.8, 4) is 5.75 Å². The zero-order valence-corrected chi connectivity index (χ0v) is 11.3. The predicted octanol–water partition coefficient (Wildman–Crippen LogP) is 2.60. The van der Waals surface area contributed by atoms with Gasteiger partial charge >= 0.3 is 0 Å². The van der Waals surface area contributed by atoms with Crippen molar-refractivity contribution in [2.24, 2.45) is 11.1 Å². The van der Waals surface area contributed by atoms with Gasteiger partial charge < -0.3 is 15.2 Å². The number of hydrogen-bond donors (Lipinski definition) is 1. The molecule has 0 heterocycles. The Balaban J connectivity index is 1.68. The first-order valence-electron chi connectivity index (χ1n) is 6.65. The summed E-state index contributed by atoms with van der Waals surface area (Å²) in [4.78, 5) is 0. The number of benzene rings is 1. The second-order valence-electron chi connectivity index (χ2n) is 5.62. The number of ether oxygens (including phenoxy) is 2. The van der Waals surface area contributed by atoms with Crippen LogP contribution in [0.4, 0.5) is 0 Å². The van der Waals surface area contributed by atoms with Gasteiger partial charge in [0.05, 0.1) is 12.7 Å². The van der Waals surface area contributed by atoms with Crippen LogP contribution in [0.5, 0.6) is 5.75 Å². The molecule has 2 unspecified atom stereocenters. The lowest BCUT2D eigenvalue weighted by Crippen LogP contribution is -2.41. The van der Waals surface area contributed by atoms with Gasteiger partial charge in [-0.15, -0.1) is 0 Å². The quantitative estimate of drug-likeness (QED) is 0.816. The van der Waals surface area contributed by atoms with Crippen LogP contribution in [-0.2, 0) is 4.74 Å². The standard InChI is InChI=1S/C15H23NO2/c1-15(2)9-8-13(14(15)16)18-11-10-17-12-6-4-3-5-7-12/h3-7,13-14H,8-11,16H2,1-2H3. The molecule has 18 heavy (non-hydrogen) atoms. The monoisotopic (exact) mass is 249 g/mol. The van der Waals surface area contributed by atoms with E-state index in [0.717, 1.165) is 18.6 Å². The third kappa shape index (κ3) is 3.24. The Morgan fingerprint density at radius 1 is 1.22 bits per heavy atom. The summed E-state index contributed by atoms with van der Waals surface area (Å²) in [5.74, 6) is 0.886. The van der Waals surface area contributed by atoms with E-state index in [2.05, 4.69) is 13.8 Å². The molecule has 0 aromatic heterocycles. The minimum atomic E-state index is 0.134. The Morgan fingerprint density at radius 2 is 1.94 bits per heavy atom. The van der Waals surface area contributed by atoms with Gasteiger partial charge in [-0.05, 0) is 30.4 Å². The molecule has 1 aliphatic rings. The largest absolute Gasteiger partial charge is 0.491 e. The Hall–Kier alpha value is -1.06. The average molecular weight is 249 g/mol. The zero-order chi connectivity index (χ0) is 13.0. The third-order valence-corrected chi connectivity index (χ3v) is 3.80. The topological polar surface area (TPSA) is 44.5 Å². The van der Waals surface area contributed by atoms with E-state index >= 15 is 0 Å². The van der Waals surface area contributed by atoms with Crippen LogP contribution in [0, 0.1) is 5.41 Å². The molecular formula is C15H23NO2. The van der Waals surface area contributed by atoms with Crippen molar-refractivity contribution in [2.75, 3.05) is 13.2 Å². The normalized spacial score (nSPS) is 26.2. The van der Waals surface area contributed by atoms with E-state index in [1.54, 1.807) is 0 Å². The molecule has 2 atom stereocenters. The second kappa shape index (κ2) is 5.72. The first kappa shape index (κ1) is 13.4. The van der Waals surface area contributed by atoms with Crippen LogP contribution in [0.1, 0.15) is 26.7 Å². The molecule has 2 rings (SSSR count). The van der Waals surface area contributed by atoms with Gasteiger partial charge in [0.25, 0.3) is 0 Å². The highest BCUT2D eigenvalue weighted by atomic mass is 16.5. The molecule has 0 aliphatic heterocycles. The minimum Gasteiger partial charge on any atom is -0.491 e. The minimum absolute atomic E-state index is 0.134. The van der Waals surface area contributed by atoms with Gasteiger partial charge in [0.1, 0.15) is 12.4 Å². The van der Waals surface area contributed by atoms with Crippen molar-refractivity contribution in [3.63, 3.8) is 0 Å². The summed E-state index contributed by atoms with van der Waals surface area (Å²) in [5, 5.41) is 0. The van der Waals surface area contributed by atoms with E-state index in [4.69, 9.17) is 15.2 Å². The molecule has 0 spiro atoms. The molecule has 1 aromatic rings. The molecule has 0 radical (unpaired) electrons. The van der Waals surface area contributed by atoms with Crippen molar-refractivity contribution in [1.29, 1.82) is 0 Å². The van der Waals surface area contributed by atoms with Crippen molar-refractivity contribution >= 4 is 0 Å². The van der Waals surface area contributed by atoms with Crippen LogP contribution < -0.4 is 10.5 Å². The van der Waals surface area contributed by atoms with Crippen LogP contribution in [0.2, 0.25) is 0 Å². The van der Waals surface area contributed by atoms with Gasteiger partial charge in [-0.1, -0.05) is 32.0 Å². The third-order valence-electron chi connectivity index (χ3n) is 3.80. The van der Waals surface area contributed by atoms with Gasteiger partial charge in [-0.2, -0.15) is 0 Å². The highest BCUT2D eigenvalue weighted by molar-refractivity contribution is 5.20. The molecule has 2 N–H and O–H groups in total. The molecule has 0 amide bonds. The summed E-state index contributed by atoms with van der Waals surface area (Å²) in [6.07, 6.45) is 2.37. The molecule has 1 aromatic carbocycles. The molecule has 0 bridgehead atoms. The molecule has 1 saturated carbocycles. The lowest BCUT2D eigenvalue weighted by molar-refractivity contribution is 0.0211. The van der Waals surface area contributed by atoms with E-state index in [0.29, 0.717) is 13.2 Å². The number of para-hydroxylation sites is 1. The molecule has 1 aliphatic carbocycles. The van der Waals surface area contributed by atoms with E-state index in [-0.39, 0.29) is 17.6 Å². The number of nitrogens with two attached hydrogens (primary N) is 1. The van der Waals surface area contributed by atoms with Gasteiger partial charge in [0, 0.05) is 6.04 Å². The Kier molecular flexibility index (Phi) is 4.25. The van der Waals surface area contributed by atoms with Crippen LogP contribution in [0.15, 0.2) is 30.3 Å². The summed E-state index contributed by atoms with van der Waals surface area (Å²) in [6, 6.07) is 9.93. The number of rotatable bonds is 5. The fourth-order valence-electron chi connectivity index (χ4n) is 2.43. The van der Waals surface area contributed by atoms with Crippen LogP contribution >= 0.6 is 0 Å². The van der Waals surface area contributed by atoms with Gasteiger partial charge in [-0.25, -0.2) is 0 Å². The first-order chi connectivity index (χ1) is 8.59. The maximum absolute atomic E-state index is 6.18. The van der Waals surface area contributed by atoms with Gasteiger partial charge in [-0.3, -0.25) is 0 Å². The Morgan fingerprint density at radius 3 is 2.56 bits per heavy atom. The highest BCUT2D eigenvalue weighted by Crippen LogP contribution is 2.37. The van der Waals surface area contributed by atoms with E-state index in [1.807, 2.05) is 30.3 Å². The lowest BCUT2D eigenvalue weighted by Gasteiger charge is -2.26. The molecular weight excluding hydrogens is 226 g/mol. The van der Waals surface area contributed by atoms with E-state index < -0.39 is 0 Å². The maximum atomic E-state index is 6.18. The van der Waals surface area contributed by atoms with Crippen LogP contribution in [-0.4, -0.2) is 25.4 Å². The van der Waals surface area contributed by atoms with Crippen molar-refractivity contribution in [3.05, 3.63) is 30.3 Å². The summed E-state index contributed by atoms with van der Waals surface area (Å²) < 4.78 is 11.4. The summed E-state index contributed by atoms with van der Waals surface area (Å²) >= 11 is 0. The van der Waals surface area contributed by atoms with Crippen molar-refractivity contribution in [1.82, 2.24) is 0 Å². The highest BCUT2D eigenvalue weighted by Gasteiger charge is 2.39. The summed E-state index contributed by atoms with van der Waals surface area (Å²) in [6.45, 7) is 5.60. The average Bonchev–Trinajstić information content (AvgIpc) is 2.62. The van der Waals surface area contributed by atoms with Crippen LogP contribution in [0.3, 0.4) is 0 Å². The fourth-order valence-corrected chi connectivity index (χ4v) is 2.43. The second-order valence-corrected chi connectivity index (χ2v) is 5.62. The van der Waals surface area contributed by atoms with Crippen LogP contribution in [0.25, 0.3) is 0 Å². The Bertz CT molecular complexity index is 364. The fraction of sp³-hybridized carbons (Fsp3) is 0.600.